The summed E-state index contributed by atoms with van der Waals surface area (Å²) in [4.78, 5) is 4.56. The van der Waals surface area contributed by atoms with Gasteiger partial charge in [0.25, 0.3) is 0 Å². The highest BCUT2D eigenvalue weighted by atomic mass is 16.5. The summed E-state index contributed by atoms with van der Waals surface area (Å²) < 4.78 is 7.77. The lowest BCUT2D eigenvalue weighted by Crippen LogP contribution is -2.41. The maximum absolute atomic E-state index is 6.06. The Hall–Kier alpha value is -1.56. The number of nitrogens with two attached hydrogens (primary N) is 1. The van der Waals surface area contributed by atoms with Gasteiger partial charge in [-0.15, -0.1) is 0 Å². The molecule has 1 aromatic rings. The van der Waals surface area contributed by atoms with E-state index < -0.39 is 0 Å². The van der Waals surface area contributed by atoms with Crippen molar-refractivity contribution < 1.29 is 4.74 Å². The molecule has 22 heavy (non-hydrogen) atoms. The summed E-state index contributed by atoms with van der Waals surface area (Å²) in [5, 5.41) is 7.61. The fraction of sp³-hybridized carbons (Fsp3) is 0.750. The Bertz CT molecular complexity index is 506. The molecule has 2 atom stereocenters. The molecule has 1 aromatic heterocycles. The molecule has 0 bridgehead atoms. The van der Waals surface area contributed by atoms with Gasteiger partial charge in [0, 0.05) is 38.4 Å². The van der Waals surface area contributed by atoms with Gasteiger partial charge in [-0.3, -0.25) is 9.67 Å². The number of aliphatic imine (C=N–C) groups is 1. The number of aromatic nitrogens is 2. The molecule has 2 fully saturated rings. The van der Waals surface area contributed by atoms with Gasteiger partial charge in [0.1, 0.15) is 6.10 Å². The Morgan fingerprint density at radius 1 is 1.41 bits per heavy atom. The minimum absolute atomic E-state index is 0.0822. The van der Waals surface area contributed by atoms with Crippen molar-refractivity contribution in [3.05, 3.63) is 18.0 Å². The van der Waals surface area contributed by atoms with E-state index in [0.29, 0.717) is 24.5 Å². The summed E-state index contributed by atoms with van der Waals surface area (Å²) in [7, 11) is 1.95. The lowest BCUT2D eigenvalue weighted by atomic mass is 9.96. The molecule has 0 amide bonds. The van der Waals surface area contributed by atoms with Gasteiger partial charge in [0.2, 0.25) is 0 Å². The highest BCUT2D eigenvalue weighted by Crippen LogP contribution is 2.34. The zero-order valence-electron chi connectivity index (χ0n) is 13.4. The second-order valence-electron chi connectivity index (χ2n) is 6.43. The van der Waals surface area contributed by atoms with Crippen LogP contribution in [0.4, 0.5) is 0 Å². The van der Waals surface area contributed by atoms with Crippen molar-refractivity contribution in [1.82, 2.24) is 15.1 Å². The van der Waals surface area contributed by atoms with Crippen LogP contribution in [-0.2, 0) is 11.8 Å². The molecule has 3 rings (SSSR count). The van der Waals surface area contributed by atoms with Gasteiger partial charge < -0.3 is 15.8 Å². The first-order chi connectivity index (χ1) is 10.7. The van der Waals surface area contributed by atoms with Crippen LogP contribution >= 0.6 is 0 Å². The average Bonchev–Trinajstić information content (AvgIpc) is 3.14. The van der Waals surface area contributed by atoms with Crippen molar-refractivity contribution in [3.63, 3.8) is 0 Å². The SMILES string of the molecule is Cn1nccc1[C@@H]1OCC[C@H]1CN=C(N)NC1CCCCC1. The first kappa shape index (κ1) is 15.3. The molecular weight excluding hydrogens is 278 g/mol. The molecule has 122 valence electrons. The second-order valence-corrected chi connectivity index (χ2v) is 6.43. The van der Waals surface area contributed by atoms with E-state index in [1.807, 2.05) is 24.0 Å². The monoisotopic (exact) mass is 305 g/mol. The van der Waals surface area contributed by atoms with E-state index in [0.717, 1.165) is 18.7 Å². The molecule has 0 aromatic carbocycles. The third-order valence-corrected chi connectivity index (χ3v) is 4.82. The van der Waals surface area contributed by atoms with Crippen molar-refractivity contribution >= 4 is 5.96 Å². The van der Waals surface area contributed by atoms with E-state index in [1.165, 1.54) is 32.1 Å². The average molecular weight is 305 g/mol. The summed E-state index contributed by atoms with van der Waals surface area (Å²) in [6.07, 6.45) is 9.28. The van der Waals surface area contributed by atoms with Crippen LogP contribution in [0.3, 0.4) is 0 Å². The van der Waals surface area contributed by atoms with Crippen molar-refractivity contribution in [3.8, 4) is 0 Å². The Balaban J connectivity index is 1.55. The maximum atomic E-state index is 6.06. The number of aryl methyl sites for hydroxylation is 1. The zero-order chi connectivity index (χ0) is 15.4. The van der Waals surface area contributed by atoms with E-state index in [2.05, 4.69) is 15.4 Å². The Morgan fingerprint density at radius 3 is 2.95 bits per heavy atom. The van der Waals surface area contributed by atoms with Gasteiger partial charge in [-0.1, -0.05) is 19.3 Å². The molecule has 0 unspecified atom stereocenters. The number of nitrogens with one attached hydrogen (secondary N) is 1. The molecule has 0 radical (unpaired) electrons. The van der Waals surface area contributed by atoms with Crippen molar-refractivity contribution in [1.29, 1.82) is 0 Å². The van der Waals surface area contributed by atoms with Gasteiger partial charge in [0.15, 0.2) is 5.96 Å². The van der Waals surface area contributed by atoms with Crippen molar-refractivity contribution in [2.45, 2.75) is 50.7 Å². The van der Waals surface area contributed by atoms with Crippen LogP contribution < -0.4 is 11.1 Å². The molecule has 1 saturated carbocycles. The molecule has 1 saturated heterocycles. The first-order valence-corrected chi connectivity index (χ1v) is 8.40. The summed E-state index contributed by atoms with van der Waals surface area (Å²) in [5.74, 6) is 0.963. The number of rotatable bonds is 4. The number of hydrogen-bond donors (Lipinski definition) is 2. The highest BCUT2D eigenvalue weighted by molar-refractivity contribution is 5.78. The van der Waals surface area contributed by atoms with Gasteiger partial charge in [0.05, 0.1) is 5.69 Å². The van der Waals surface area contributed by atoms with Crippen LogP contribution in [0.15, 0.2) is 17.3 Å². The molecule has 0 spiro atoms. The van der Waals surface area contributed by atoms with Gasteiger partial charge in [-0.2, -0.15) is 5.10 Å². The topological polar surface area (TPSA) is 77.5 Å². The predicted octanol–water partition coefficient (Wildman–Crippen LogP) is 1.73. The third-order valence-electron chi connectivity index (χ3n) is 4.82. The van der Waals surface area contributed by atoms with Gasteiger partial charge in [-0.05, 0) is 25.3 Å². The molecule has 2 aliphatic rings. The molecule has 2 heterocycles. The molecule has 6 nitrogen and oxygen atoms in total. The quantitative estimate of drug-likeness (QED) is 0.656. The fourth-order valence-corrected chi connectivity index (χ4v) is 3.53. The maximum Gasteiger partial charge on any atom is 0.188 e. The Morgan fingerprint density at radius 2 is 2.23 bits per heavy atom. The van der Waals surface area contributed by atoms with E-state index >= 15 is 0 Å². The molecule has 3 N–H and O–H groups in total. The smallest absolute Gasteiger partial charge is 0.188 e. The van der Waals surface area contributed by atoms with Crippen molar-refractivity contribution in [2.24, 2.45) is 23.7 Å². The van der Waals surface area contributed by atoms with E-state index in [9.17, 15) is 0 Å². The molecule has 1 aliphatic heterocycles. The van der Waals surface area contributed by atoms with Crippen LogP contribution in [0.5, 0.6) is 0 Å². The second kappa shape index (κ2) is 7.13. The number of guanidine groups is 1. The number of hydrogen-bond acceptors (Lipinski definition) is 3. The zero-order valence-corrected chi connectivity index (χ0v) is 13.4. The normalized spacial score (nSPS) is 27.2. The standard InChI is InChI=1S/C16H27N5O/c1-21-14(7-9-19-21)15-12(8-10-22-15)11-18-16(17)20-13-5-3-2-4-6-13/h7,9,12-13,15H,2-6,8,10-11H2,1H3,(H3,17,18,20)/t12-,15+/m0/s1. The van der Waals surface area contributed by atoms with Crippen LogP contribution in [-0.4, -0.2) is 34.9 Å². The highest BCUT2D eigenvalue weighted by Gasteiger charge is 2.31. The van der Waals surface area contributed by atoms with E-state index in [1.54, 1.807) is 0 Å². The fourth-order valence-electron chi connectivity index (χ4n) is 3.53. The summed E-state index contributed by atoms with van der Waals surface area (Å²) in [6, 6.07) is 2.53. The Labute approximate surface area is 132 Å². The molecular formula is C16H27N5O. The van der Waals surface area contributed by atoms with E-state index in [4.69, 9.17) is 10.5 Å². The Kier molecular flexibility index (Phi) is 4.97. The largest absolute Gasteiger partial charge is 0.372 e. The minimum Gasteiger partial charge on any atom is -0.372 e. The van der Waals surface area contributed by atoms with Crippen molar-refractivity contribution in [2.75, 3.05) is 13.2 Å². The van der Waals surface area contributed by atoms with Crippen LogP contribution in [0.25, 0.3) is 0 Å². The lowest BCUT2D eigenvalue weighted by molar-refractivity contribution is 0.0859. The summed E-state index contributed by atoms with van der Waals surface area (Å²) >= 11 is 0. The van der Waals surface area contributed by atoms with Crippen LogP contribution in [0.2, 0.25) is 0 Å². The first-order valence-electron chi connectivity index (χ1n) is 8.40. The lowest BCUT2D eigenvalue weighted by Gasteiger charge is -2.23. The van der Waals surface area contributed by atoms with Gasteiger partial charge in [-0.25, -0.2) is 0 Å². The molecule has 6 heteroatoms. The number of ether oxygens (including phenoxy) is 1. The number of nitrogens with zero attached hydrogens (tertiary/aromatic N) is 3. The van der Waals surface area contributed by atoms with Crippen LogP contribution in [0.1, 0.15) is 50.3 Å². The minimum atomic E-state index is 0.0822. The summed E-state index contributed by atoms with van der Waals surface area (Å²) in [5.41, 5.74) is 7.18. The van der Waals surface area contributed by atoms with E-state index in [-0.39, 0.29) is 6.10 Å². The molecule has 1 aliphatic carbocycles. The summed E-state index contributed by atoms with van der Waals surface area (Å²) in [6.45, 7) is 1.49. The third kappa shape index (κ3) is 3.61. The van der Waals surface area contributed by atoms with Gasteiger partial charge >= 0.3 is 0 Å². The van der Waals surface area contributed by atoms with Crippen LogP contribution in [0, 0.1) is 5.92 Å². The predicted molar refractivity (Wildman–Crippen MR) is 86.5 cm³/mol.